The second-order valence-electron chi connectivity index (χ2n) is 8.45. The van der Waals surface area contributed by atoms with E-state index in [2.05, 4.69) is 5.32 Å². The summed E-state index contributed by atoms with van der Waals surface area (Å²) < 4.78 is 11.1. The smallest absolute Gasteiger partial charge is 0.336 e. The molecule has 7 nitrogen and oxygen atoms in total. The number of rotatable bonds is 7. The van der Waals surface area contributed by atoms with Crippen molar-refractivity contribution in [2.45, 2.75) is 39.7 Å². The number of allylic oxidation sites excluding steroid dienone is 1. The van der Waals surface area contributed by atoms with Crippen LogP contribution in [-0.2, 0) is 20.9 Å². The van der Waals surface area contributed by atoms with E-state index in [0.29, 0.717) is 22.7 Å². The molecule has 0 bridgehead atoms. The molecule has 1 aliphatic rings. The topological polar surface area (TPSA) is 88.8 Å². The number of anilines is 1. The number of carbonyl (C=O) groups is 3. The summed E-state index contributed by atoms with van der Waals surface area (Å²) >= 11 is 0. The van der Waals surface area contributed by atoms with Crippen LogP contribution >= 0.6 is 0 Å². The summed E-state index contributed by atoms with van der Waals surface area (Å²) in [6, 6.07) is 20.2. The summed E-state index contributed by atoms with van der Waals surface area (Å²) in [5.41, 5.74) is 3.62. The van der Waals surface area contributed by atoms with Gasteiger partial charge in [0.2, 0.25) is 5.91 Å². The molecule has 35 heavy (non-hydrogen) atoms. The standard InChI is InChI=1S/C28H28N2O5/c1-4-34-28(33)26-19(3)30(25(31)16-23(26)20-8-6-5-7-9-20)17-22-14-15-24(35-22)27(32)29-21-12-10-18(2)11-13-21/h5-15,23H,4,16-17H2,1-3H3,(H,29,32). The van der Waals surface area contributed by atoms with Gasteiger partial charge in [0.05, 0.1) is 18.7 Å². The normalized spacial score (nSPS) is 15.8. The highest BCUT2D eigenvalue weighted by atomic mass is 16.5. The van der Waals surface area contributed by atoms with Gasteiger partial charge in [-0.05, 0) is 50.6 Å². The first-order valence-corrected chi connectivity index (χ1v) is 11.6. The largest absolute Gasteiger partial charge is 0.463 e. The van der Waals surface area contributed by atoms with Crippen molar-refractivity contribution >= 4 is 23.5 Å². The summed E-state index contributed by atoms with van der Waals surface area (Å²) in [6.07, 6.45) is 0.136. The number of hydrogen-bond donors (Lipinski definition) is 1. The minimum atomic E-state index is -0.436. The Hall–Kier alpha value is -4.13. The van der Waals surface area contributed by atoms with Gasteiger partial charge >= 0.3 is 5.97 Å². The van der Waals surface area contributed by atoms with Crippen molar-refractivity contribution in [1.82, 2.24) is 4.90 Å². The van der Waals surface area contributed by atoms with Crippen LogP contribution < -0.4 is 5.32 Å². The Morgan fingerprint density at radius 2 is 1.74 bits per heavy atom. The number of carbonyl (C=O) groups excluding carboxylic acids is 3. The molecule has 1 aromatic heterocycles. The third kappa shape index (κ3) is 5.35. The summed E-state index contributed by atoms with van der Waals surface area (Å²) in [4.78, 5) is 40.1. The van der Waals surface area contributed by atoms with Gasteiger partial charge in [0.25, 0.3) is 5.91 Å². The number of nitrogens with zero attached hydrogens (tertiary/aromatic N) is 1. The third-order valence-corrected chi connectivity index (χ3v) is 6.03. The molecule has 7 heteroatoms. The number of hydrogen-bond acceptors (Lipinski definition) is 5. The van der Waals surface area contributed by atoms with Gasteiger partial charge in [-0.1, -0.05) is 48.0 Å². The number of benzene rings is 2. The van der Waals surface area contributed by atoms with E-state index in [1.807, 2.05) is 61.5 Å². The number of esters is 1. The van der Waals surface area contributed by atoms with Crippen molar-refractivity contribution in [1.29, 1.82) is 0 Å². The van der Waals surface area contributed by atoms with Crippen molar-refractivity contribution in [3.8, 4) is 0 Å². The van der Waals surface area contributed by atoms with Crippen molar-refractivity contribution in [2.75, 3.05) is 11.9 Å². The first kappa shape index (κ1) is 24.0. The van der Waals surface area contributed by atoms with E-state index < -0.39 is 5.97 Å². The lowest BCUT2D eigenvalue weighted by Gasteiger charge is -2.34. The average Bonchev–Trinajstić information content (AvgIpc) is 3.32. The van der Waals surface area contributed by atoms with Crippen LogP contribution in [0.1, 0.15) is 53.6 Å². The van der Waals surface area contributed by atoms with E-state index in [0.717, 1.165) is 11.1 Å². The van der Waals surface area contributed by atoms with Gasteiger partial charge in [-0.15, -0.1) is 0 Å². The fourth-order valence-electron chi connectivity index (χ4n) is 4.22. The summed E-state index contributed by atoms with van der Waals surface area (Å²) in [6.45, 7) is 5.81. The molecule has 0 radical (unpaired) electrons. The van der Waals surface area contributed by atoms with Gasteiger partial charge < -0.3 is 19.4 Å². The first-order chi connectivity index (χ1) is 16.9. The van der Waals surface area contributed by atoms with E-state index in [9.17, 15) is 14.4 Å². The molecule has 1 atom stereocenters. The zero-order valence-electron chi connectivity index (χ0n) is 20.0. The van der Waals surface area contributed by atoms with E-state index in [-0.39, 0.29) is 43.1 Å². The van der Waals surface area contributed by atoms with Gasteiger partial charge in [-0.2, -0.15) is 0 Å². The molecule has 1 unspecified atom stereocenters. The van der Waals surface area contributed by atoms with E-state index in [1.165, 1.54) is 4.90 Å². The molecule has 2 amide bonds. The molecule has 180 valence electrons. The van der Waals surface area contributed by atoms with Crippen LogP contribution in [0.3, 0.4) is 0 Å². The second-order valence-corrected chi connectivity index (χ2v) is 8.45. The highest BCUT2D eigenvalue weighted by Gasteiger charge is 2.37. The molecule has 1 aliphatic heterocycles. The lowest BCUT2D eigenvalue weighted by molar-refractivity contribution is -0.140. The quantitative estimate of drug-likeness (QED) is 0.478. The van der Waals surface area contributed by atoms with Crippen LogP contribution in [0.5, 0.6) is 0 Å². The first-order valence-electron chi connectivity index (χ1n) is 11.6. The van der Waals surface area contributed by atoms with Crippen molar-refractivity contribution in [2.24, 2.45) is 0 Å². The van der Waals surface area contributed by atoms with Crippen LogP contribution in [0.15, 0.2) is 82.4 Å². The van der Waals surface area contributed by atoms with Crippen molar-refractivity contribution in [3.05, 3.63) is 101 Å². The molecule has 0 fully saturated rings. The Labute approximate surface area is 204 Å². The van der Waals surface area contributed by atoms with Gasteiger partial charge in [0, 0.05) is 23.7 Å². The SMILES string of the molecule is CCOC(=O)C1=C(C)N(Cc2ccc(C(=O)Nc3ccc(C)cc3)o2)C(=O)CC1c1ccccc1. The van der Waals surface area contributed by atoms with Crippen LogP contribution in [-0.4, -0.2) is 29.3 Å². The average molecular weight is 473 g/mol. The lowest BCUT2D eigenvalue weighted by Crippen LogP contribution is -2.38. The Balaban J connectivity index is 1.56. The maximum absolute atomic E-state index is 13.1. The Morgan fingerprint density at radius 3 is 2.43 bits per heavy atom. The Kier molecular flexibility index (Phi) is 7.15. The molecule has 0 aliphatic carbocycles. The summed E-state index contributed by atoms with van der Waals surface area (Å²) in [5.74, 6) is -0.756. The predicted octanol–water partition coefficient (Wildman–Crippen LogP) is 5.19. The molecule has 0 saturated carbocycles. The number of aryl methyl sites for hydroxylation is 1. The molecule has 3 aromatic rings. The van der Waals surface area contributed by atoms with E-state index >= 15 is 0 Å². The molecule has 2 heterocycles. The van der Waals surface area contributed by atoms with Crippen molar-refractivity contribution < 1.29 is 23.5 Å². The van der Waals surface area contributed by atoms with Gasteiger partial charge in [0.15, 0.2) is 5.76 Å². The molecule has 1 N–H and O–H groups in total. The van der Waals surface area contributed by atoms with Gasteiger partial charge in [-0.25, -0.2) is 4.79 Å². The minimum Gasteiger partial charge on any atom is -0.463 e. The number of ether oxygens (including phenoxy) is 1. The van der Waals surface area contributed by atoms with Crippen LogP contribution in [0.2, 0.25) is 0 Å². The van der Waals surface area contributed by atoms with Gasteiger partial charge in [-0.3, -0.25) is 9.59 Å². The molecule has 0 spiro atoms. The fourth-order valence-corrected chi connectivity index (χ4v) is 4.22. The van der Waals surface area contributed by atoms with Crippen LogP contribution in [0.25, 0.3) is 0 Å². The molecule has 0 saturated heterocycles. The highest BCUT2D eigenvalue weighted by molar-refractivity contribution is 6.02. The number of amides is 2. The van der Waals surface area contributed by atoms with Gasteiger partial charge in [0.1, 0.15) is 5.76 Å². The fraction of sp³-hybridized carbons (Fsp3) is 0.250. The maximum atomic E-state index is 13.1. The van der Waals surface area contributed by atoms with Crippen LogP contribution in [0.4, 0.5) is 5.69 Å². The highest BCUT2D eigenvalue weighted by Crippen LogP contribution is 2.37. The summed E-state index contributed by atoms with van der Waals surface area (Å²) in [5, 5.41) is 2.80. The Bertz CT molecular complexity index is 1260. The summed E-state index contributed by atoms with van der Waals surface area (Å²) in [7, 11) is 0. The Morgan fingerprint density at radius 1 is 1.03 bits per heavy atom. The molecular formula is C28H28N2O5. The zero-order chi connectivity index (χ0) is 24.9. The maximum Gasteiger partial charge on any atom is 0.336 e. The molecule has 2 aromatic carbocycles. The molecular weight excluding hydrogens is 444 g/mol. The lowest BCUT2D eigenvalue weighted by atomic mass is 9.83. The minimum absolute atomic E-state index is 0.104. The second kappa shape index (κ2) is 10.4. The zero-order valence-corrected chi connectivity index (χ0v) is 20.0. The molecule has 4 rings (SSSR count). The van der Waals surface area contributed by atoms with Crippen LogP contribution in [0, 0.1) is 6.92 Å². The number of furan rings is 1. The van der Waals surface area contributed by atoms with Crippen molar-refractivity contribution in [3.63, 3.8) is 0 Å². The van der Waals surface area contributed by atoms with E-state index in [1.54, 1.807) is 26.0 Å². The number of nitrogens with one attached hydrogen (secondary N) is 1. The predicted molar refractivity (Wildman–Crippen MR) is 132 cm³/mol. The third-order valence-electron chi connectivity index (χ3n) is 6.03. The monoisotopic (exact) mass is 472 g/mol. The van der Waals surface area contributed by atoms with E-state index in [4.69, 9.17) is 9.15 Å².